The van der Waals surface area contributed by atoms with Gasteiger partial charge in [0, 0.05) is 12.1 Å². The second-order valence-electron chi connectivity index (χ2n) is 2.71. The van der Waals surface area contributed by atoms with Gasteiger partial charge in [0.25, 0.3) is 0 Å². The molecule has 0 saturated carbocycles. The summed E-state index contributed by atoms with van der Waals surface area (Å²) >= 11 is 5.44. The van der Waals surface area contributed by atoms with Crippen molar-refractivity contribution in [3.8, 4) is 0 Å². The molecule has 0 spiro atoms. The molecule has 14 heavy (non-hydrogen) atoms. The zero-order chi connectivity index (χ0) is 10.8. The summed E-state index contributed by atoms with van der Waals surface area (Å²) in [4.78, 5) is 3.72. The molecule has 0 aliphatic rings. The highest BCUT2D eigenvalue weighted by atomic mass is 35.5. The SMILES string of the molecule is NCCc1cc(C(F)(F)F)cc(Cl)n1. The number of nitrogens with two attached hydrogens (primary N) is 1. The molecule has 6 heteroatoms. The third kappa shape index (κ3) is 2.85. The quantitative estimate of drug-likeness (QED) is 0.783. The highest BCUT2D eigenvalue weighted by Crippen LogP contribution is 2.30. The van der Waals surface area contributed by atoms with E-state index in [-0.39, 0.29) is 23.8 Å². The number of hydrogen-bond donors (Lipinski definition) is 1. The van der Waals surface area contributed by atoms with Crippen molar-refractivity contribution in [2.24, 2.45) is 5.73 Å². The second-order valence-corrected chi connectivity index (χ2v) is 3.09. The molecule has 2 N–H and O–H groups in total. The number of rotatable bonds is 2. The summed E-state index contributed by atoms with van der Waals surface area (Å²) in [6.07, 6.45) is -4.11. The maximum atomic E-state index is 12.3. The maximum absolute atomic E-state index is 12.3. The van der Waals surface area contributed by atoms with Crippen molar-refractivity contribution in [3.05, 3.63) is 28.5 Å². The van der Waals surface area contributed by atoms with Crippen LogP contribution in [0.15, 0.2) is 12.1 Å². The number of nitrogens with zero attached hydrogens (tertiary/aromatic N) is 1. The van der Waals surface area contributed by atoms with Crippen LogP contribution in [0.25, 0.3) is 0 Å². The van der Waals surface area contributed by atoms with Gasteiger partial charge in [-0.3, -0.25) is 0 Å². The lowest BCUT2D eigenvalue weighted by Gasteiger charge is -2.08. The minimum atomic E-state index is -4.39. The Morgan fingerprint density at radius 2 is 2.00 bits per heavy atom. The lowest BCUT2D eigenvalue weighted by Crippen LogP contribution is -2.09. The van der Waals surface area contributed by atoms with Crippen molar-refractivity contribution in [1.82, 2.24) is 4.98 Å². The van der Waals surface area contributed by atoms with Crippen molar-refractivity contribution in [2.75, 3.05) is 6.54 Å². The summed E-state index contributed by atoms with van der Waals surface area (Å²) in [6.45, 7) is 0.241. The third-order valence-electron chi connectivity index (χ3n) is 1.57. The molecule has 0 radical (unpaired) electrons. The van der Waals surface area contributed by atoms with Crippen LogP contribution in [0.1, 0.15) is 11.3 Å². The zero-order valence-corrected chi connectivity index (χ0v) is 7.86. The minimum Gasteiger partial charge on any atom is -0.330 e. The van der Waals surface area contributed by atoms with E-state index in [0.717, 1.165) is 12.1 Å². The predicted octanol–water partition coefficient (Wildman–Crippen LogP) is 2.25. The molecular weight excluding hydrogens is 217 g/mol. The first-order valence-corrected chi connectivity index (χ1v) is 4.25. The van der Waals surface area contributed by atoms with E-state index in [9.17, 15) is 13.2 Å². The van der Waals surface area contributed by atoms with Crippen LogP contribution >= 0.6 is 11.6 Å². The van der Waals surface area contributed by atoms with Crippen LogP contribution in [0.5, 0.6) is 0 Å². The summed E-state index contributed by atoms with van der Waals surface area (Å²) < 4.78 is 36.8. The van der Waals surface area contributed by atoms with Crippen molar-refractivity contribution in [3.63, 3.8) is 0 Å². The van der Waals surface area contributed by atoms with Crippen molar-refractivity contribution in [2.45, 2.75) is 12.6 Å². The highest BCUT2D eigenvalue weighted by Gasteiger charge is 2.31. The molecule has 1 aromatic rings. The normalized spacial score (nSPS) is 11.8. The van der Waals surface area contributed by atoms with Gasteiger partial charge < -0.3 is 5.73 Å². The van der Waals surface area contributed by atoms with Crippen LogP contribution < -0.4 is 5.73 Å². The Labute approximate surface area is 83.9 Å². The van der Waals surface area contributed by atoms with Crippen molar-refractivity contribution >= 4 is 11.6 Å². The lowest BCUT2D eigenvalue weighted by atomic mass is 10.2. The van der Waals surface area contributed by atoms with Crippen LogP contribution in [0.4, 0.5) is 13.2 Å². The highest BCUT2D eigenvalue weighted by molar-refractivity contribution is 6.29. The van der Waals surface area contributed by atoms with E-state index < -0.39 is 11.7 Å². The standard InChI is InChI=1S/C8H8ClF3N2/c9-7-4-5(8(10,11)12)3-6(14-7)1-2-13/h3-4H,1-2,13H2. The van der Waals surface area contributed by atoms with Gasteiger partial charge >= 0.3 is 6.18 Å². The Bertz CT molecular complexity index is 325. The van der Waals surface area contributed by atoms with E-state index in [0.29, 0.717) is 0 Å². The first-order valence-electron chi connectivity index (χ1n) is 3.87. The number of aromatic nitrogens is 1. The largest absolute Gasteiger partial charge is 0.416 e. The molecule has 1 heterocycles. The predicted molar refractivity (Wildman–Crippen MR) is 47.0 cm³/mol. The van der Waals surface area contributed by atoms with Gasteiger partial charge in [-0.15, -0.1) is 0 Å². The molecule has 0 bridgehead atoms. The van der Waals surface area contributed by atoms with E-state index in [1.807, 2.05) is 0 Å². The van der Waals surface area contributed by atoms with Gasteiger partial charge in [-0.05, 0) is 18.7 Å². The van der Waals surface area contributed by atoms with E-state index in [4.69, 9.17) is 17.3 Å². The van der Waals surface area contributed by atoms with Gasteiger partial charge in [0.05, 0.1) is 5.56 Å². The first-order chi connectivity index (χ1) is 6.43. The molecular formula is C8H8ClF3N2. The monoisotopic (exact) mass is 224 g/mol. The average Bonchev–Trinajstić information content (AvgIpc) is 2.02. The maximum Gasteiger partial charge on any atom is 0.416 e. The number of alkyl halides is 3. The Morgan fingerprint density at radius 3 is 2.50 bits per heavy atom. The van der Waals surface area contributed by atoms with Gasteiger partial charge in [0.2, 0.25) is 0 Å². The van der Waals surface area contributed by atoms with Crippen LogP contribution in [-0.4, -0.2) is 11.5 Å². The molecule has 0 aliphatic heterocycles. The molecule has 1 aromatic heterocycles. The Balaban J connectivity index is 3.07. The molecule has 0 fully saturated rings. The zero-order valence-electron chi connectivity index (χ0n) is 7.11. The second kappa shape index (κ2) is 4.14. The molecule has 0 atom stereocenters. The molecule has 0 aromatic carbocycles. The van der Waals surface area contributed by atoms with Gasteiger partial charge in [0.15, 0.2) is 0 Å². The molecule has 0 saturated heterocycles. The van der Waals surface area contributed by atoms with Crippen molar-refractivity contribution in [1.29, 1.82) is 0 Å². The molecule has 0 amide bonds. The summed E-state index contributed by atoms with van der Waals surface area (Å²) in [7, 11) is 0. The van der Waals surface area contributed by atoms with E-state index in [1.165, 1.54) is 0 Å². The molecule has 0 unspecified atom stereocenters. The van der Waals surface area contributed by atoms with Crippen molar-refractivity contribution < 1.29 is 13.2 Å². The topological polar surface area (TPSA) is 38.9 Å². The summed E-state index contributed by atoms with van der Waals surface area (Å²) in [5.41, 5.74) is 4.67. The number of pyridine rings is 1. The lowest BCUT2D eigenvalue weighted by molar-refractivity contribution is -0.137. The van der Waals surface area contributed by atoms with Gasteiger partial charge in [0.1, 0.15) is 5.15 Å². The minimum absolute atomic E-state index is 0.164. The Hall–Kier alpha value is -0.810. The van der Waals surface area contributed by atoms with E-state index in [2.05, 4.69) is 4.98 Å². The summed E-state index contributed by atoms with van der Waals surface area (Å²) in [5.74, 6) is 0. The molecule has 1 rings (SSSR count). The number of halogens is 4. The average molecular weight is 225 g/mol. The summed E-state index contributed by atoms with van der Waals surface area (Å²) in [5, 5.41) is -0.164. The fraction of sp³-hybridized carbons (Fsp3) is 0.375. The molecule has 78 valence electrons. The van der Waals surface area contributed by atoms with Crippen LogP contribution in [-0.2, 0) is 12.6 Å². The number of hydrogen-bond acceptors (Lipinski definition) is 2. The van der Waals surface area contributed by atoms with Crippen LogP contribution in [0.3, 0.4) is 0 Å². The van der Waals surface area contributed by atoms with Gasteiger partial charge in [-0.2, -0.15) is 13.2 Å². The van der Waals surface area contributed by atoms with Gasteiger partial charge in [-0.1, -0.05) is 11.6 Å². The van der Waals surface area contributed by atoms with E-state index in [1.54, 1.807) is 0 Å². The third-order valence-corrected chi connectivity index (χ3v) is 1.77. The Morgan fingerprint density at radius 1 is 1.36 bits per heavy atom. The smallest absolute Gasteiger partial charge is 0.330 e. The summed E-state index contributed by atoms with van der Waals surface area (Å²) in [6, 6.07) is 1.75. The fourth-order valence-electron chi connectivity index (χ4n) is 0.991. The van der Waals surface area contributed by atoms with Crippen LogP contribution in [0, 0.1) is 0 Å². The Kier molecular flexibility index (Phi) is 3.34. The van der Waals surface area contributed by atoms with Crippen LogP contribution in [0.2, 0.25) is 5.15 Å². The molecule has 2 nitrogen and oxygen atoms in total. The van der Waals surface area contributed by atoms with Gasteiger partial charge in [-0.25, -0.2) is 4.98 Å². The molecule has 0 aliphatic carbocycles. The fourth-order valence-corrected chi connectivity index (χ4v) is 1.22. The van der Waals surface area contributed by atoms with E-state index >= 15 is 0 Å². The first kappa shape index (κ1) is 11.3.